The highest BCUT2D eigenvalue weighted by Gasteiger charge is 2.31. The maximum Gasteiger partial charge on any atom is 0.573 e. The first kappa shape index (κ1) is 17.0. The predicted octanol–water partition coefficient (Wildman–Crippen LogP) is 3.85. The van der Waals surface area contributed by atoms with Gasteiger partial charge in [-0.15, -0.1) is 18.3 Å². The minimum atomic E-state index is -4.73. The van der Waals surface area contributed by atoms with Crippen LogP contribution in [-0.2, 0) is 0 Å². The van der Waals surface area contributed by atoms with Crippen LogP contribution in [0.15, 0.2) is 42.6 Å². The van der Waals surface area contributed by atoms with Crippen LogP contribution in [0.3, 0.4) is 0 Å². The molecular formula is C17H15F3N4OS. The van der Waals surface area contributed by atoms with Gasteiger partial charge >= 0.3 is 6.36 Å². The van der Waals surface area contributed by atoms with Gasteiger partial charge in [0.15, 0.2) is 5.65 Å². The first-order chi connectivity index (χ1) is 12.5. The molecule has 1 fully saturated rings. The Morgan fingerprint density at radius 3 is 2.65 bits per heavy atom. The largest absolute Gasteiger partial charge is 0.573 e. The number of ether oxygens (including phenoxy) is 1. The van der Waals surface area contributed by atoms with Crippen molar-refractivity contribution in [1.29, 1.82) is 0 Å². The molecule has 4 rings (SSSR count). The molecule has 3 aromatic rings. The van der Waals surface area contributed by atoms with Crippen LogP contribution in [0.5, 0.6) is 5.75 Å². The van der Waals surface area contributed by atoms with E-state index >= 15 is 0 Å². The molecule has 0 atom stereocenters. The number of alkyl halides is 3. The molecule has 0 spiro atoms. The van der Waals surface area contributed by atoms with Crippen molar-refractivity contribution in [2.24, 2.45) is 0 Å². The number of benzene rings is 1. The van der Waals surface area contributed by atoms with Gasteiger partial charge in [0, 0.05) is 30.2 Å². The predicted molar refractivity (Wildman–Crippen MR) is 94.6 cm³/mol. The molecule has 2 aromatic heterocycles. The molecular weight excluding hydrogens is 365 g/mol. The van der Waals surface area contributed by atoms with Crippen molar-refractivity contribution >= 4 is 23.2 Å². The van der Waals surface area contributed by atoms with Gasteiger partial charge in [-0.1, -0.05) is 12.1 Å². The van der Waals surface area contributed by atoms with Crippen LogP contribution < -0.4 is 9.64 Å². The summed E-state index contributed by atoms with van der Waals surface area (Å²) in [4.78, 5) is 6.50. The third kappa shape index (κ3) is 3.57. The molecule has 3 heterocycles. The summed E-state index contributed by atoms with van der Waals surface area (Å²) >= 11 is 1.91. The van der Waals surface area contributed by atoms with Gasteiger partial charge in [0.1, 0.15) is 11.6 Å². The number of hydrogen-bond donors (Lipinski definition) is 0. The number of rotatable bonds is 3. The monoisotopic (exact) mass is 380 g/mol. The standard InChI is InChI=1S/C17H15F3N4OS/c18-17(19,20)25-13-3-1-2-12(10-13)14-11-21-15-4-5-16(22-24(14)15)23-6-8-26-9-7-23/h1-5,10-11H,6-9H2. The van der Waals surface area contributed by atoms with E-state index in [1.54, 1.807) is 16.8 Å². The normalized spacial score (nSPS) is 15.4. The second-order valence-electron chi connectivity index (χ2n) is 5.78. The van der Waals surface area contributed by atoms with Gasteiger partial charge in [-0.25, -0.2) is 9.50 Å². The lowest BCUT2D eigenvalue weighted by Crippen LogP contribution is -2.33. The molecule has 0 bridgehead atoms. The van der Waals surface area contributed by atoms with E-state index < -0.39 is 6.36 Å². The molecule has 26 heavy (non-hydrogen) atoms. The molecule has 9 heteroatoms. The number of nitrogens with zero attached hydrogens (tertiary/aromatic N) is 4. The van der Waals surface area contributed by atoms with Crippen molar-refractivity contribution in [3.8, 4) is 17.0 Å². The van der Waals surface area contributed by atoms with Crippen LogP contribution in [0.1, 0.15) is 0 Å². The quantitative estimate of drug-likeness (QED) is 0.691. The van der Waals surface area contributed by atoms with E-state index in [2.05, 4.69) is 19.7 Å². The fourth-order valence-corrected chi connectivity index (χ4v) is 3.78. The fraction of sp³-hybridized carbons (Fsp3) is 0.294. The van der Waals surface area contributed by atoms with Crippen LogP contribution in [0.25, 0.3) is 16.9 Å². The van der Waals surface area contributed by atoms with Crippen molar-refractivity contribution in [1.82, 2.24) is 14.6 Å². The summed E-state index contributed by atoms with van der Waals surface area (Å²) in [6, 6.07) is 9.61. The molecule has 0 radical (unpaired) electrons. The second-order valence-corrected chi connectivity index (χ2v) is 7.00. The lowest BCUT2D eigenvalue weighted by atomic mass is 10.1. The van der Waals surface area contributed by atoms with E-state index in [9.17, 15) is 13.2 Å². The van der Waals surface area contributed by atoms with Gasteiger partial charge in [0.2, 0.25) is 0 Å². The maximum absolute atomic E-state index is 12.5. The Bertz CT molecular complexity index is 922. The third-order valence-electron chi connectivity index (χ3n) is 4.05. The second kappa shape index (κ2) is 6.71. The van der Waals surface area contributed by atoms with E-state index in [1.807, 2.05) is 23.9 Å². The van der Waals surface area contributed by atoms with Crippen molar-refractivity contribution in [2.75, 3.05) is 29.5 Å². The lowest BCUT2D eigenvalue weighted by Gasteiger charge is -2.27. The molecule has 0 N–H and O–H groups in total. The lowest BCUT2D eigenvalue weighted by molar-refractivity contribution is -0.274. The SMILES string of the molecule is FC(F)(F)Oc1cccc(-c2cnc3ccc(N4CCSCC4)nn23)c1. The van der Waals surface area contributed by atoms with Crippen molar-refractivity contribution in [3.05, 3.63) is 42.6 Å². The number of fused-ring (bicyclic) bond motifs is 1. The topological polar surface area (TPSA) is 42.7 Å². The highest BCUT2D eigenvalue weighted by molar-refractivity contribution is 7.99. The van der Waals surface area contributed by atoms with E-state index in [4.69, 9.17) is 0 Å². The van der Waals surface area contributed by atoms with Gasteiger partial charge < -0.3 is 9.64 Å². The number of imidazole rings is 1. The molecule has 0 aliphatic carbocycles. The molecule has 5 nitrogen and oxygen atoms in total. The van der Waals surface area contributed by atoms with Crippen LogP contribution in [-0.4, -0.2) is 45.6 Å². The summed E-state index contributed by atoms with van der Waals surface area (Å²) in [6.45, 7) is 1.84. The summed E-state index contributed by atoms with van der Waals surface area (Å²) in [7, 11) is 0. The number of hydrogen-bond acceptors (Lipinski definition) is 5. The van der Waals surface area contributed by atoms with Crippen molar-refractivity contribution < 1.29 is 17.9 Å². The van der Waals surface area contributed by atoms with Gasteiger partial charge in [-0.3, -0.25) is 0 Å². The molecule has 0 amide bonds. The van der Waals surface area contributed by atoms with E-state index in [0.717, 1.165) is 30.4 Å². The third-order valence-corrected chi connectivity index (χ3v) is 4.99. The van der Waals surface area contributed by atoms with Crippen LogP contribution >= 0.6 is 11.8 Å². The number of thioether (sulfide) groups is 1. The highest BCUT2D eigenvalue weighted by Crippen LogP contribution is 2.28. The summed E-state index contributed by atoms with van der Waals surface area (Å²) in [5, 5.41) is 4.65. The Morgan fingerprint density at radius 1 is 1.08 bits per heavy atom. The Hall–Kier alpha value is -2.42. The smallest absolute Gasteiger partial charge is 0.406 e. The van der Waals surface area contributed by atoms with Crippen molar-refractivity contribution in [2.45, 2.75) is 6.36 Å². The van der Waals surface area contributed by atoms with Gasteiger partial charge in [-0.05, 0) is 24.3 Å². The van der Waals surface area contributed by atoms with Crippen molar-refractivity contribution in [3.63, 3.8) is 0 Å². The van der Waals surface area contributed by atoms with Crippen LogP contribution in [0.2, 0.25) is 0 Å². The Kier molecular flexibility index (Phi) is 4.39. The van der Waals surface area contributed by atoms with Gasteiger partial charge in [0.05, 0.1) is 11.9 Å². The average molecular weight is 380 g/mol. The minimum Gasteiger partial charge on any atom is -0.406 e. The molecule has 1 saturated heterocycles. The molecule has 1 aliphatic rings. The van der Waals surface area contributed by atoms with Crippen LogP contribution in [0.4, 0.5) is 19.0 Å². The Balaban J connectivity index is 1.71. The minimum absolute atomic E-state index is 0.269. The Labute approximate surface area is 151 Å². The molecule has 0 unspecified atom stereocenters. The van der Waals surface area contributed by atoms with E-state index in [0.29, 0.717) is 16.9 Å². The summed E-state index contributed by atoms with van der Waals surface area (Å²) < 4.78 is 43.1. The molecule has 0 saturated carbocycles. The maximum atomic E-state index is 12.5. The van der Waals surface area contributed by atoms with Crippen LogP contribution in [0, 0.1) is 0 Å². The summed E-state index contributed by atoms with van der Waals surface area (Å²) in [6.07, 6.45) is -3.12. The molecule has 1 aliphatic heterocycles. The van der Waals surface area contributed by atoms with Gasteiger partial charge in [-0.2, -0.15) is 11.8 Å². The Morgan fingerprint density at radius 2 is 1.88 bits per heavy atom. The first-order valence-corrected chi connectivity index (χ1v) is 9.19. The van der Waals surface area contributed by atoms with E-state index in [1.165, 1.54) is 18.2 Å². The number of halogens is 3. The fourth-order valence-electron chi connectivity index (χ4n) is 2.87. The van der Waals surface area contributed by atoms with E-state index in [-0.39, 0.29) is 5.75 Å². The first-order valence-electron chi connectivity index (χ1n) is 8.03. The molecule has 1 aromatic carbocycles. The zero-order valence-electron chi connectivity index (χ0n) is 13.6. The highest BCUT2D eigenvalue weighted by atomic mass is 32.2. The number of anilines is 1. The zero-order chi connectivity index (χ0) is 18.1. The summed E-state index contributed by atoms with van der Waals surface area (Å²) in [5.41, 5.74) is 1.80. The average Bonchev–Trinajstić information content (AvgIpc) is 3.04. The number of aromatic nitrogens is 3. The summed E-state index contributed by atoms with van der Waals surface area (Å²) in [5.74, 6) is 2.66. The molecule has 136 valence electrons. The zero-order valence-corrected chi connectivity index (χ0v) is 14.4. The van der Waals surface area contributed by atoms with Gasteiger partial charge in [0.25, 0.3) is 0 Å².